The molecule has 4 rings (SSSR count). The second-order valence-corrected chi connectivity index (χ2v) is 7.15. The lowest BCUT2D eigenvalue weighted by Gasteiger charge is -2.38. The summed E-state index contributed by atoms with van der Waals surface area (Å²) in [4.78, 5) is 26.6. The lowest BCUT2D eigenvalue weighted by atomic mass is 9.83. The molecule has 134 valence electrons. The molecule has 0 unspecified atom stereocenters. The van der Waals surface area contributed by atoms with Crippen molar-refractivity contribution in [2.75, 3.05) is 13.1 Å². The number of esters is 1. The van der Waals surface area contributed by atoms with Crippen molar-refractivity contribution in [3.8, 4) is 0 Å². The summed E-state index contributed by atoms with van der Waals surface area (Å²) in [6, 6.07) is 17.9. The second kappa shape index (κ2) is 6.94. The predicted molar refractivity (Wildman–Crippen MR) is 98.7 cm³/mol. The van der Waals surface area contributed by atoms with Gasteiger partial charge < -0.3 is 9.64 Å². The summed E-state index contributed by atoms with van der Waals surface area (Å²) in [5, 5.41) is 0. The van der Waals surface area contributed by atoms with E-state index < -0.39 is 5.60 Å². The van der Waals surface area contributed by atoms with Crippen molar-refractivity contribution in [1.29, 1.82) is 0 Å². The van der Waals surface area contributed by atoms with Gasteiger partial charge in [-0.15, -0.1) is 0 Å². The van der Waals surface area contributed by atoms with E-state index in [2.05, 4.69) is 12.1 Å². The highest BCUT2D eigenvalue weighted by Gasteiger charge is 2.47. The normalized spacial score (nSPS) is 17.8. The Morgan fingerprint density at radius 2 is 1.69 bits per heavy atom. The van der Waals surface area contributed by atoms with Crippen LogP contribution in [0.3, 0.4) is 0 Å². The summed E-state index contributed by atoms with van der Waals surface area (Å²) in [5.41, 5.74) is 2.40. The number of likely N-dealkylation sites (tertiary alicyclic amines) is 1. The van der Waals surface area contributed by atoms with Gasteiger partial charge in [-0.05, 0) is 24.5 Å². The van der Waals surface area contributed by atoms with Crippen molar-refractivity contribution in [2.24, 2.45) is 0 Å². The van der Waals surface area contributed by atoms with Crippen LogP contribution in [0.1, 0.15) is 47.2 Å². The first-order valence-electron chi connectivity index (χ1n) is 9.32. The van der Waals surface area contributed by atoms with Crippen LogP contribution >= 0.6 is 0 Å². The molecule has 4 nitrogen and oxygen atoms in total. The SMILES string of the molecule is O=C1OC2(CCN(C(=O)CCCc3ccccc3)CC2)c2ccccc21. The first-order chi connectivity index (χ1) is 12.7. The molecule has 0 aromatic heterocycles. The van der Waals surface area contributed by atoms with E-state index in [0.717, 1.165) is 18.4 Å². The second-order valence-electron chi connectivity index (χ2n) is 7.15. The molecule has 2 aromatic rings. The van der Waals surface area contributed by atoms with Crippen molar-refractivity contribution in [3.63, 3.8) is 0 Å². The molecule has 26 heavy (non-hydrogen) atoms. The van der Waals surface area contributed by atoms with Gasteiger partial charge >= 0.3 is 5.97 Å². The van der Waals surface area contributed by atoms with Crippen molar-refractivity contribution < 1.29 is 14.3 Å². The van der Waals surface area contributed by atoms with Gasteiger partial charge in [0.15, 0.2) is 0 Å². The Hall–Kier alpha value is -2.62. The topological polar surface area (TPSA) is 46.6 Å². The molecule has 2 aliphatic heterocycles. The number of ether oxygens (including phenoxy) is 1. The molecule has 1 fully saturated rings. The number of carbonyl (C=O) groups excluding carboxylic acids is 2. The molecule has 4 heteroatoms. The van der Waals surface area contributed by atoms with Crippen LogP contribution in [-0.4, -0.2) is 29.9 Å². The number of rotatable bonds is 4. The molecular weight excluding hydrogens is 326 g/mol. The molecule has 1 amide bonds. The molecule has 1 saturated heterocycles. The predicted octanol–water partition coefficient (Wildman–Crippen LogP) is 3.70. The first kappa shape index (κ1) is 16.8. The molecule has 0 radical (unpaired) electrons. The summed E-state index contributed by atoms with van der Waals surface area (Å²) in [6.07, 6.45) is 3.72. The van der Waals surface area contributed by atoms with Crippen molar-refractivity contribution >= 4 is 11.9 Å². The highest BCUT2D eigenvalue weighted by molar-refractivity contribution is 5.94. The minimum Gasteiger partial charge on any atom is -0.450 e. The maximum absolute atomic E-state index is 12.5. The zero-order valence-electron chi connectivity index (χ0n) is 14.8. The fraction of sp³-hybridized carbons (Fsp3) is 0.364. The average Bonchev–Trinajstić information content (AvgIpc) is 2.95. The van der Waals surface area contributed by atoms with Crippen LogP contribution in [0.5, 0.6) is 0 Å². The zero-order chi connectivity index (χ0) is 18.0. The van der Waals surface area contributed by atoms with Crippen LogP contribution in [0.2, 0.25) is 0 Å². The van der Waals surface area contributed by atoms with Crippen LogP contribution in [0.25, 0.3) is 0 Å². The third-order valence-corrected chi connectivity index (χ3v) is 5.55. The van der Waals surface area contributed by atoms with E-state index in [-0.39, 0.29) is 11.9 Å². The van der Waals surface area contributed by atoms with E-state index in [9.17, 15) is 9.59 Å². The number of hydrogen-bond acceptors (Lipinski definition) is 3. The number of hydrogen-bond donors (Lipinski definition) is 0. The Morgan fingerprint density at radius 3 is 2.46 bits per heavy atom. The van der Waals surface area contributed by atoms with E-state index in [4.69, 9.17) is 4.74 Å². The van der Waals surface area contributed by atoms with Crippen molar-refractivity contribution in [3.05, 3.63) is 71.3 Å². The Bertz CT molecular complexity index is 807. The molecule has 0 atom stereocenters. The summed E-state index contributed by atoms with van der Waals surface area (Å²) < 4.78 is 5.75. The van der Waals surface area contributed by atoms with Crippen LogP contribution in [0.4, 0.5) is 0 Å². The van der Waals surface area contributed by atoms with Gasteiger partial charge in [0, 0.05) is 37.9 Å². The molecular formula is C22H23NO3. The smallest absolute Gasteiger partial charge is 0.339 e. The van der Waals surface area contributed by atoms with E-state index in [1.54, 1.807) is 0 Å². The lowest BCUT2D eigenvalue weighted by molar-refractivity contribution is -0.135. The fourth-order valence-corrected chi connectivity index (χ4v) is 4.08. The zero-order valence-corrected chi connectivity index (χ0v) is 14.8. The molecule has 0 bridgehead atoms. The highest BCUT2D eigenvalue weighted by Crippen LogP contribution is 2.43. The molecule has 2 aromatic carbocycles. The number of benzene rings is 2. The summed E-state index contributed by atoms with van der Waals surface area (Å²) in [6.45, 7) is 1.29. The van der Waals surface area contributed by atoms with E-state index in [1.807, 2.05) is 47.4 Å². The Labute approximate surface area is 153 Å². The third-order valence-electron chi connectivity index (χ3n) is 5.55. The molecule has 1 spiro atoms. The molecule has 0 saturated carbocycles. The summed E-state index contributed by atoms with van der Waals surface area (Å²) in [5.74, 6) is -0.0309. The standard InChI is InChI=1S/C22H23NO3/c24-20(12-6-9-17-7-2-1-3-8-17)23-15-13-22(14-16-23)19-11-5-4-10-18(19)21(25)26-22/h1-5,7-8,10-11H,6,9,12-16H2. The number of fused-ring (bicyclic) bond motifs is 2. The quantitative estimate of drug-likeness (QED) is 0.791. The van der Waals surface area contributed by atoms with Gasteiger partial charge in [0.1, 0.15) is 5.60 Å². The van der Waals surface area contributed by atoms with Crippen LogP contribution < -0.4 is 0 Å². The van der Waals surface area contributed by atoms with Crippen LogP contribution in [-0.2, 0) is 21.6 Å². The number of amides is 1. The van der Waals surface area contributed by atoms with Crippen molar-refractivity contribution in [1.82, 2.24) is 4.90 Å². The van der Waals surface area contributed by atoms with Gasteiger partial charge in [-0.2, -0.15) is 0 Å². The number of nitrogens with zero attached hydrogens (tertiary/aromatic N) is 1. The molecule has 0 N–H and O–H groups in total. The summed E-state index contributed by atoms with van der Waals surface area (Å²) in [7, 11) is 0. The Kier molecular flexibility index (Phi) is 4.49. The Balaban J connectivity index is 1.33. The Morgan fingerprint density at radius 1 is 1.00 bits per heavy atom. The van der Waals surface area contributed by atoms with Gasteiger partial charge in [0.2, 0.25) is 5.91 Å². The average molecular weight is 349 g/mol. The van der Waals surface area contributed by atoms with E-state index in [1.165, 1.54) is 5.56 Å². The summed E-state index contributed by atoms with van der Waals surface area (Å²) >= 11 is 0. The first-order valence-corrected chi connectivity index (χ1v) is 9.32. The highest BCUT2D eigenvalue weighted by atomic mass is 16.6. The van der Waals surface area contributed by atoms with Gasteiger partial charge in [-0.25, -0.2) is 4.79 Å². The van der Waals surface area contributed by atoms with Gasteiger partial charge in [0.05, 0.1) is 5.56 Å². The van der Waals surface area contributed by atoms with E-state index >= 15 is 0 Å². The third kappa shape index (κ3) is 3.12. The monoisotopic (exact) mass is 349 g/mol. The lowest BCUT2D eigenvalue weighted by Crippen LogP contribution is -2.45. The fourth-order valence-electron chi connectivity index (χ4n) is 4.08. The van der Waals surface area contributed by atoms with Gasteiger partial charge in [-0.1, -0.05) is 48.5 Å². The van der Waals surface area contributed by atoms with E-state index in [0.29, 0.717) is 37.9 Å². The maximum atomic E-state index is 12.5. The van der Waals surface area contributed by atoms with Crippen LogP contribution in [0, 0.1) is 0 Å². The number of carbonyl (C=O) groups is 2. The van der Waals surface area contributed by atoms with Gasteiger partial charge in [-0.3, -0.25) is 4.79 Å². The van der Waals surface area contributed by atoms with Crippen molar-refractivity contribution in [2.45, 2.75) is 37.7 Å². The molecule has 2 aliphatic rings. The number of piperidine rings is 1. The van der Waals surface area contributed by atoms with Gasteiger partial charge in [0.25, 0.3) is 0 Å². The minimum atomic E-state index is -0.533. The largest absolute Gasteiger partial charge is 0.450 e. The minimum absolute atomic E-state index is 0.202. The molecule has 2 heterocycles. The van der Waals surface area contributed by atoms with Crippen LogP contribution in [0.15, 0.2) is 54.6 Å². The number of aryl methyl sites for hydroxylation is 1. The maximum Gasteiger partial charge on any atom is 0.339 e. The molecule has 0 aliphatic carbocycles.